The van der Waals surface area contributed by atoms with Crippen molar-refractivity contribution in [2.45, 2.75) is 13.3 Å². The molecule has 0 radical (unpaired) electrons. The van der Waals surface area contributed by atoms with Crippen LogP contribution in [0.15, 0.2) is 22.6 Å². The lowest BCUT2D eigenvalue weighted by atomic mass is 10.3. The number of allylic oxidation sites excluding steroid dienone is 3. The highest BCUT2D eigenvalue weighted by molar-refractivity contribution is 5.50. The van der Waals surface area contributed by atoms with Crippen molar-refractivity contribution in [3.05, 3.63) is 35.6 Å². The monoisotopic (exact) mass is 147 g/mol. The number of hydrogen-bond acceptors (Lipinski definition) is 2. The molecule has 1 aliphatic rings. The Labute approximate surface area is 65.2 Å². The van der Waals surface area contributed by atoms with Crippen LogP contribution in [-0.4, -0.2) is 4.98 Å². The van der Waals surface area contributed by atoms with E-state index in [1.54, 1.807) is 0 Å². The Bertz CT molecular complexity index is 320. The summed E-state index contributed by atoms with van der Waals surface area (Å²) in [7, 11) is 0. The molecular weight excluding hydrogens is 138 g/mol. The average molecular weight is 147 g/mol. The number of hydrogen-bond donors (Lipinski definition) is 0. The van der Waals surface area contributed by atoms with E-state index >= 15 is 0 Å². The third-order valence-corrected chi connectivity index (χ3v) is 1.64. The number of fused-ring (bicyclic) bond motifs is 1. The van der Waals surface area contributed by atoms with Crippen molar-refractivity contribution in [1.29, 1.82) is 0 Å². The Morgan fingerprint density at radius 1 is 1.45 bits per heavy atom. The molecule has 0 atom stereocenters. The Kier molecular flexibility index (Phi) is 1.39. The third-order valence-electron chi connectivity index (χ3n) is 1.64. The summed E-state index contributed by atoms with van der Waals surface area (Å²) >= 11 is 0. The maximum atomic E-state index is 5.35. The van der Waals surface area contributed by atoms with Crippen LogP contribution in [0, 0.1) is 6.92 Å². The summed E-state index contributed by atoms with van der Waals surface area (Å²) in [5.74, 6) is 1.64. The predicted octanol–water partition coefficient (Wildman–Crippen LogP) is 2.11. The second-order valence-electron chi connectivity index (χ2n) is 2.54. The van der Waals surface area contributed by atoms with Crippen LogP contribution < -0.4 is 0 Å². The van der Waals surface area contributed by atoms with E-state index < -0.39 is 0 Å². The van der Waals surface area contributed by atoms with E-state index in [0.29, 0.717) is 0 Å². The molecular formula is C9H9NO. The Morgan fingerprint density at radius 3 is 3.27 bits per heavy atom. The number of aryl methyl sites for hydroxylation is 1. The van der Waals surface area contributed by atoms with Crippen molar-refractivity contribution in [3.8, 4) is 0 Å². The molecule has 1 heterocycles. The largest absolute Gasteiger partial charge is 0.441 e. The quantitative estimate of drug-likeness (QED) is 0.561. The fourth-order valence-electron chi connectivity index (χ4n) is 1.16. The highest BCUT2D eigenvalue weighted by atomic mass is 16.4. The van der Waals surface area contributed by atoms with Gasteiger partial charge in [0.1, 0.15) is 0 Å². The molecule has 0 saturated heterocycles. The second kappa shape index (κ2) is 2.38. The fourth-order valence-corrected chi connectivity index (χ4v) is 1.16. The molecule has 1 aromatic heterocycles. The van der Waals surface area contributed by atoms with E-state index in [1.807, 2.05) is 25.2 Å². The molecule has 11 heavy (non-hydrogen) atoms. The predicted molar refractivity (Wildman–Crippen MR) is 43.1 cm³/mol. The van der Waals surface area contributed by atoms with Gasteiger partial charge in [-0.25, -0.2) is 4.98 Å². The summed E-state index contributed by atoms with van der Waals surface area (Å²) < 4.78 is 5.35. The molecule has 2 heteroatoms. The Morgan fingerprint density at radius 2 is 2.36 bits per heavy atom. The molecule has 0 amide bonds. The van der Waals surface area contributed by atoms with Crippen molar-refractivity contribution < 1.29 is 4.42 Å². The van der Waals surface area contributed by atoms with Crippen LogP contribution in [-0.2, 0) is 6.42 Å². The van der Waals surface area contributed by atoms with Gasteiger partial charge in [-0.2, -0.15) is 0 Å². The number of oxazole rings is 1. The topological polar surface area (TPSA) is 26.0 Å². The molecule has 0 aromatic carbocycles. The minimum atomic E-state index is 0.745. The fraction of sp³-hybridized carbons (Fsp3) is 0.222. The summed E-state index contributed by atoms with van der Waals surface area (Å²) in [4.78, 5) is 4.24. The van der Waals surface area contributed by atoms with Crippen LogP contribution in [0.25, 0.3) is 6.08 Å². The lowest BCUT2D eigenvalue weighted by Gasteiger charge is -1.85. The van der Waals surface area contributed by atoms with Gasteiger partial charge in [0.25, 0.3) is 0 Å². The smallest absolute Gasteiger partial charge is 0.192 e. The van der Waals surface area contributed by atoms with E-state index in [2.05, 4.69) is 11.1 Å². The van der Waals surface area contributed by atoms with Crippen LogP contribution in [0.4, 0.5) is 0 Å². The number of nitrogens with zero attached hydrogens (tertiary/aromatic N) is 1. The normalized spacial score (nSPS) is 14.6. The van der Waals surface area contributed by atoms with Crippen LogP contribution in [0.3, 0.4) is 0 Å². The zero-order valence-corrected chi connectivity index (χ0v) is 6.37. The second-order valence-corrected chi connectivity index (χ2v) is 2.54. The molecule has 2 rings (SSSR count). The van der Waals surface area contributed by atoms with Gasteiger partial charge in [0, 0.05) is 13.3 Å². The lowest BCUT2D eigenvalue weighted by Crippen LogP contribution is -1.82. The van der Waals surface area contributed by atoms with Gasteiger partial charge in [0.2, 0.25) is 0 Å². The van der Waals surface area contributed by atoms with Crippen molar-refractivity contribution in [2.75, 3.05) is 0 Å². The van der Waals surface area contributed by atoms with Crippen LogP contribution in [0.1, 0.15) is 17.3 Å². The van der Waals surface area contributed by atoms with Crippen molar-refractivity contribution in [2.24, 2.45) is 0 Å². The molecule has 0 spiro atoms. The van der Waals surface area contributed by atoms with Gasteiger partial charge in [0.05, 0.1) is 5.69 Å². The molecule has 0 saturated carbocycles. The van der Waals surface area contributed by atoms with E-state index in [4.69, 9.17) is 4.42 Å². The summed E-state index contributed by atoms with van der Waals surface area (Å²) in [5, 5.41) is 0. The third kappa shape index (κ3) is 1.11. The van der Waals surface area contributed by atoms with Crippen molar-refractivity contribution in [3.63, 3.8) is 0 Å². The summed E-state index contributed by atoms with van der Waals surface area (Å²) in [5.41, 5.74) is 1.03. The molecule has 0 N–H and O–H groups in total. The minimum absolute atomic E-state index is 0.745. The molecule has 0 aliphatic heterocycles. The summed E-state index contributed by atoms with van der Waals surface area (Å²) in [6, 6.07) is 0. The van der Waals surface area contributed by atoms with Gasteiger partial charge >= 0.3 is 0 Å². The standard InChI is InChI=1S/C9H9NO/c1-7-10-8-5-3-2-4-6-9(8)11-7/h2-4,6H,5H2,1H3. The van der Waals surface area contributed by atoms with Gasteiger partial charge in [-0.1, -0.05) is 18.2 Å². The van der Waals surface area contributed by atoms with Crippen molar-refractivity contribution in [1.82, 2.24) is 4.98 Å². The molecule has 2 nitrogen and oxygen atoms in total. The first-order chi connectivity index (χ1) is 5.36. The van der Waals surface area contributed by atoms with Crippen LogP contribution in [0.5, 0.6) is 0 Å². The number of rotatable bonds is 0. The first-order valence-electron chi connectivity index (χ1n) is 3.66. The molecule has 56 valence electrons. The van der Waals surface area contributed by atoms with Crippen LogP contribution >= 0.6 is 0 Å². The average Bonchev–Trinajstić information content (AvgIpc) is 2.17. The van der Waals surface area contributed by atoms with E-state index in [9.17, 15) is 0 Å². The highest BCUT2D eigenvalue weighted by Crippen LogP contribution is 2.15. The maximum absolute atomic E-state index is 5.35. The summed E-state index contributed by atoms with van der Waals surface area (Å²) in [6.45, 7) is 1.87. The SMILES string of the molecule is Cc1nc2c(o1)C=CC=CC2. The molecule has 1 aromatic rings. The summed E-state index contributed by atoms with van der Waals surface area (Å²) in [6.07, 6.45) is 8.87. The zero-order valence-electron chi connectivity index (χ0n) is 6.37. The number of aromatic nitrogens is 1. The first-order valence-corrected chi connectivity index (χ1v) is 3.66. The van der Waals surface area contributed by atoms with Crippen LogP contribution in [0.2, 0.25) is 0 Å². The van der Waals surface area contributed by atoms with Gasteiger partial charge < -0.3 is 4.42 Å². The van der Waals surface area contributed by atoms with Gasteiger partial charge in [-0.15, -0.1) is 0 Å². The zero-order chi connectivity index (χ0) is 7.68. The van der Waals surface area contributed by atoms with Crippen molar-refractivity contribution >= 4 is 6.08 Å². The maximum Gasteiger partial charge on any atom is 0.192 e. The Balaban J connectivity index is 2.51. The molecule has 1 aliphatic carbocycles. The van der Waals surface area contributed by atoms with E-state index in [1.165, 1.54) is 0 Å². The highest BCUT2D eigenvalue weighted by Gasteiger charge is 2.06. The van der Waals surface area contributed by atoms with Gasteiger partial charge in [-0.05, 0) is 6.08 Å². The molecule has 0 fully saturated rings. The minimum Gasteiger partial charge on any atom is -0.441 e. The van der Waals surface area contributed by atoms with E-state index in [-0.39, 0.29) is 0 Å². The van der Waals surface area contributed by atoms with Gasteiger partial charge in [0.15, 0.2) is 11.7 Å². The molecule has 0 bridgehead atoms. The van der Waals surface area contributed by atoms with Gasteiger partial charge in [-0.3, -0.25) is 0 Å². The lowest BCUT2D eigenvalue weighted by molar-refractivity contribution is 0.512. The molecule has 0 unspecified atom stereocenters. The Hall–Kier alpha value is -1.31. The first kappa shape index (κ1) is 6.40. The van der Waals surface area contributed by atoms with E-state index in [0.717, 1.165) is 23.8 Å².